The molecule has 1 amide bonds. The molecule has 5 heterocycles. The van der Waals surface area contributed by atoms with Gasteiger partial charge in [-0.2, -0.15) is 14.6 Å². The number of rotatable bonds is 9. The number of fused-ring (bicyclic) bond motifs is 3. The predicted octanol–water partition coefficient (Wildman–Crippen LogP) is 2.13. The fourth-order valence-electron chi connectivity index (χ4n) is 5.08. The van der Waals surface area contributed by atoms with Crippen molar-refractivity contribution in [1.82, 2.24) is 34.4 Å². The number of aromatic nitrogens is 5. The van der Waals surface area contributed by atoms with Gasteiger partial charge in [0.1, 0.15) is 34.1 Å². The van der Waals surface area contributed by atoms with E-state index in [1.54, 1.807) is 23.2 Å². The molecule has 1 fully saturated rings. The number of nitrogens with zero attached hydrogens (tertiary/aromatic N) is 7. The Morgan fingerprint density at radius 3 is 2.71 bits per heavy atom. The molecule has 12 nitrogen and oxygen atoms in total. The Balaban J connectivity index is 1.10. The third-order valence-corrected chi connectivity index (χ3v) is 8.08. The number of piperazine rings is 1. The molecular formula is C27H29F2N9O3S. The second-order valence-electron chi connectivity index (χ2n) is 10.0. The molecule has 3 N–H and O–H groups in total. The van der Waals surface area contributed by atoms with Gasteiger partial charge in [0.25, 0.3) is 5.91 Å². The zero-order chi connectivity index (χ0) is 29.4. The number of hydrogen-bond donors (Lipinski definition) is 2. The first-order valence-electron chi connectivity index (χ1n) is 13.4. The molecule has 1 atom stereocenters. The van der Waals surface area contributed by atoms with Crippen LogP contribution in [0.2, 0.25) is 0 Å². The topological polar surface area (TPSA) is 146 Å². The second kappa shape index (κ2) is 11.6. The lowest BCUT2D eigenvalue weighted by Gasteiger charge is -2.36. The maximum atomic E-state index is 14.7. The monoisotopic (exact) mass is 597 g/mol. The zero-order valence-corrected chi connectivity index (χ0v) is 23.6. The first kappa shape index (κ1) is 27.9. The van der Waals surface area contributed by atoms with Crippen molar-refractivity contribution in [3.8, 4) is 11.5 Å². The maximum Gasteiger partial charge on any atom is 0.254 e. The van der Waals surface area contributed by atoms with E-state index in [2.05, 4.69) is 25.3 Å². The Bertz CT molecular complexity index is 1730. The van der Waals surface area contributed by atoms with Crippen molar-refractivity contribution in [2.24, 2.45) is 0 Å². The van der Waals surface area contributed by atoms with Crippen LogP contribution in [0.3, 0.4) is 0 Å². The summed E-state index contributed by atoms with van der Waals surface area (Å²) < 4.78 is 49.3. The molecule has 1 aromatic carbocycles. The molecule has 1 aliphatic rings. The highest BCUT2D eigenvalue weighted by atomic mass is 32.2. The molecule has 0 bridgehead atoms. The van der Waals surface area contributed by atoms with E-state index in [0.29, 0.717) is 61.9 Å². The minimum absolute atomic E-state index is 0.139. The van der Waals surface area contributed by atoms with Gasteiger partial charge in [-0.25, -0.2) is 13.8 Å². The van der Waals surface area contributed by atoms with Crippen molar-refractivity contribution in [2.45, 2.75) is 6.54 Å². The lowest BCUT2D eigenvalue weighted by atomic mass is 10.1. The van der Waals surface area contributed by atoms with Crippen molar-refractivity contribution < 1.29 is 22.5 Å². The van der Waals surface area contributed by atoms with E-state index in [-0.39, 0.29) is 29.5 Å². The number of anilines is 2. The summed E-state index contributed by atoms with van der Waals surface area (Å²) in [6.45, 7) is 3.73. The lowest BCUT2D eigenvalue weighted by Crippen LogP contribution is -2.47. The first-order chi connectivity index (χ1) is 20.3. The Hall–Kier alpha value is -4.21. The Morgan fingerprint density at radius 1 is 1.17 bits per heavy atom. The van der Waals surface area contributed by atoms with E-state index in [0.717, 1.165) is 11.6 Å². The molecule has 0 saturated carbocycles. The highest BCUT2D eigenvalue weighted by Gasteiger charge is 2.24. The van der Waals surface area contributed by atoms with E-state index in [4.69, 9.17) is 10.2 Å². The van der Waals surface area contributed by atoms with Crippen LogP contribution in [0.15, 0.2) is 47.3 Å². The summed E-state index contributed by atoms with van der Waals surface area (Å²) in [4.78, 5) is 25.6. The van der Waals surface area contributed by atoms with Crippen molar-refractivity contribution in [3.63, 3.8) is 0 Å². The summed E-state index contributed by atoms with van der Waals surface area (Å²) in [5.74, 6) is -1.21. The highest BCUT2D eigenvalue weighted by molar-refractivity contribution is 7.90. The molecule has 4 aromatic heterocycles. The van der Waals surface area contributed by atoms with Crippen LogP contribution in [0.25, 0.3) is 28.1 Å². The molecule has 220 valence electrons. The van der Waals surface area contributed by atoms with E-state index < -0.39 is 28.7 Å². The van der Waals surface area contributed by atoms with Gasteiger partial charge in [-0.1, -0.05) is 11.2 Å². The number of imidazole rings is 1. The van der Waals surface area contributed by atoms with Crippen LogP contribution >= 0.6 is 0 Å². The molecule has 0 spiro atoms. The number of nitrogens with two attached hydrogens (primary N) is 1. The first-order valence-corrected chi connectivity index (χ1v) is 15.1. The van der Waals surface area contributed by atoms with Crippen molar-refractivity contribution >= 4 is 45.4 Å². The van der Waals surface area contributed by atoms with Crippen molar-refractivity contribution in [3.05, 3.63) is 60.1 Å². The van der Waals surface area contributed by atoms with Gasteiger partial charge in [-0.15, -0.1) is 0 Å². The van der Waals surface area contributed by atoms with Crippen LogP contribution in [0, 0.1) is 11.6 Å². The molecule has 1 saturated heterocycles. The number of halogens is 2. The summed E-state index contributed by atoms with van der Waals surface area (Å²) >= 11 is -1.09. The van der Waals surface area contributed by atoms with E-state index in [9.17, 15) is 18.1 Å². The molecule has 0 unspecified atom stereocenters. The number of amides is 1. The van der Waals surface area contributed by atoms with E-state index >= 15 is 0 Å². The molecule has 1 aliphatic heterocycles. The lowest BCUT2D eigenvalue weighted by molar-refractivity contribution is 0.0952. The average molecular weight is 598 g/mol. The summed E-state index contributed by atoms with van der Waals surface area (Å²) in [6.07, 6.45) is 4.83. The highest BCUT2D eigenvalue weighted by Crippen LogP contribution is 2.27. The zero-order valence-electron chi connectivity index (χ0n) is 22.8. The van der Waals surface area contributed by atoms with Gasteiger partial charge in [0.2, 0.25) is 5.95 Å². The van der Waals surface area contributed by atoms with Gasteiger partial charge < -0.3 is 29.5 Å². The van der Waals surface area contributed by atoms with Crippen LogP contribution in [-0.4, -0.2) is 90.8 Å². The molecular weight excluding hydrogens is 568 g/mol. The van der Waals surface area contributed by atoms with E-state index in [1.807, 2.05) is 21.6 Å². The summed E-state index contributed by atoms with van der Waals surface area (Å²) in [7, 11) is 0. The predicted molar refractivity (Wildman–Crippen MR) is 155 cm³/mol. The minimum Gasteiger partial charge on any atom is -0.617 e. The number of nitrogen functional groups attached to an aromatic ring is 1. The quantitative estimate of drug-likeness (QED) is 0.244. The summed E-state index contributed by atoms with van der Waals surface area (Å²) in [5, 5.41) is 7.04. The number of benzene rings is 1. The maximum absolute atomic E-state index is 14.7. The fourth-order valence-corrected chi connectivity index (χ4v) is 5.47. The van der Waals surface area contributed by atoms with Gasteiger partial charge >= 0.3 is 0 Å². The molecule has 15 heteroatoms. The molecule has 0 aliphatic carbocycles. The second-order valence-corrected chi connectivity index (χ2v) is 11.6. The van der Waals surface area contributed by atoms with Gasteiger partial charge in [0.15, 0.2) is 11.4 Å². The minimum atomic E-state index is -1.09. The van der Waals surface area contributed by atoms with Gasteiger partial charge in [0.05, 0.1) is 36.6 Å². The van der Waals surface area contributed by atoms with Crippen molar-refractivity contribution in [1.29, 1.82) is 0 Å². The smallest absolute Gasteiger partial charge is 0.254 e. The number of hydrogen-bond acceptors (Lipinski definition) is 9. The van der Waals surface area contributed by atoms with Gasteiger partial charge in [-0.05, 0) is 24.3 Å². The van der Waals surface area contributed by atoms with Gasteiger partial charge in [-0.3, -0.25) is 9.69 Å². The fraction of sp³-hybridized carbons (Fsp3) is 0.333. The Labute approximate surface area is 242 Å². The van der Waals surface area contributed by atoms with E-state index in [1.165, 1.54) is 12.3 Å². The third-order valence-electron chi connectivity index (χ3n) is 7.30. The SMILES string of the molecule is C[S@+]([O-])CCNC(=O)c1cc(N2CCN(CCn3cnc4c3nc(N)n3nc(-c5ccco5)cc43)CC2)c(F)cc1F. The Morgan fingerprint density at radius 2 is 1.98 bits per heavy atom. The molecule has 42 heavy (non-hydrogen) atoms. The summed E-state index contributed by atoms with van der Waals surface area (Å²) in [5.41, 5.74) is 8.85. The van der Waals surface area contributed by atoms with Crippen LogP contribution < -0.4 is 16.0 Å². The van der Waals surface area contributed by atoms with Crippen LogP contribution in [0.1, 0.15) is 10.4 Å². The largest absolute Gasteiger partial charge is 0.617 e. The van der Waals surface area contributed by atoms with Gasteiger partial charge in [0, 0.05) is 45.3 Å². The van der Waals surface area contributed by atoms with Crippen LogP contribution in [0.5, 0.6) is 0 Å². The average Bonchev–Trinajstić information content (AvgIpc) is 3.72. The van der Waals surface area contributed by atoms with Crippen molar-refractivity contribution in [2.75, 3.05) is 61.9 Å². The normalized spacial score (nSPS) is 15.1. The molecule has 6 rings (SSSR count). The summed E-state index contributed by atoms with van der Waals surface area (Å²) in [6, 6.07) is 7.47. The molecule has 0 radical (unpaired) electrons. The number of carbonyl (C=O) groups excluding carboxylic acids is 1. The number of carbonyl (C=O) groups is 1. The Kier molecular flexibility index (Phi) is 7.70. The third kappa shape index (κ3) is 5.49. The standard InChI is InChI=1S/C27H29F2N9O3S/c1-42(40)12-4-31-26(39)17-13-21(19(29)14-18(17)28)36-8-5-35(6-9-36)7-10-37-16-32-24-22-15-20(23-3-2-11-41-23)34-38(22)27(30)33-25(24)37/h2-3,11,13-16H,4-10,12H2,1H3,(H2,30,33)(H,31,39)/t42-/m0/s1. The number of nitrogens with one attached hydrogen (secondary N) is 1. The molecule has 5 aromatic rings. The van der Waals surface area contributed by atoms with Crippen LogP contribution in [0.4, 0.5) is 20.4 Å². The van der Waals surface area contributed by atoms with Crippen LogP contribution in [-0.2, 0) is 17.7 Å². The number of furan rings is 1.